The fraction of sp³-hybridized carbons (Fsp3) is 0.529. The summed E-state index contributed by atoms with van der Waals surface area (Å²) in [5, 5.41) is 0. The molecule has 0 saturated carbocycles. The van der Waals surface area contributed by atoms with Crippen molar-refractivity contribution in [3.63, 3.8) is 0 Å². The van der Waals surface area contributed by atoms with Crippen LogP contribution < -0.4 is 11.3 Å². The monoisotopic (exact) mass is 274 g/mol. The van der Waals surface area contributed by atoms with Crippen molar-refractivity contribution in [1.82, 2.24) is 5.43 Å². The first-order chi connectivity index (χ1) is 9.83. The van der Waals surface area contributed by atoms with Crippen molar-refractivity contribution >= 4 is 0 Å². The normalized spacial score (nSPS) is 19.4. The summed E-state index contributed by atoms with van der Waals surface area (Å²) in [5.74, 6) is 5.89. The van der Waals surface area contributed by atoms with Gasteiger partial charge in [-0.2, -0.15) is 0 Å². The lowest BCUT2D eigenvalue weighted by molar-refractivity contribution is 0.0326. The lowest BCUT2D eigenvalue weighted by Crippen LogP contribution is -2.53. The maximum atomic E-state index is 5.89. The molecule has 0 radical (unpaired) electrons. The lowest BCUT2D eigenvalue weighted by Gasteiger charge is -2.44. The smallest absolute Gasteiger partial charge is 0.0475 e. The highest BCUT2D eigenvalue weighted by Crippen LogP contribution is 2.39. The first-order valence-electron chi connectivity index (χ1n) is 7.54. The van der Waals surface area contributed by atoms with E-state index in [0.29, 0.717) is 0 Å². The summed E-state index contributed by atoms with van der Waals surface area (Å²) in [6, 6.07) is 11.0. The highest BCUT2D eigenvalue weighted by Gasteiger charge is 2.40. The molecule has 3 N–H and O–H groups in total. The zero-order valence-electron chi connectivity index (χ0n) is 12.2. The van der Waals surface area contributed by atoms with Crippen LogP contribution in [0.1, 0.15) is 37.7 Å². The van der Waals surface area contributed by atoms with Crippen molar-refractivity contribution in [2.75, 3.05) is 13.2 Å². The summed E-state index contributed by atoms with van der Waals surface area (Å²) in [4.78, 5) is 0. The number of allylic oxidation sites excluding steroid dienone is 1. The van der Waals surface area contributed by atoms with Gasteiger partial charge < -0.3 is 4.74 Å². The maximum Gasteiger partial charge on any atom is 0.0475 e. The van der Waals surface area contributed by atoms with E-state index in [-0.39, 0.29) is 11.5 Å². The predicted octanol–water partition coefficient (Wildman–Crippen LogP) is 2.92. The molecule has 1 saturated heterocycles. The van der Waals surface area contributed by atoms with Gasteiger partial charge in [0.15, 0.2) is 0 Å². The molecule has 0 aliphatic carbocycles. The molecule has 1 atom stereocenters. The van der Waals surface area contributed by atoms with Gasteiger partial charge in [-0.15, -0.1) is 6.58 Å². The maximum absolute atomic E-state index is 5.89. The van der Waals surface area contributed by atoms with Gasteiger partial charge in [0.25, 0.3) is 0 Å². The molecule has 0 bridgehead atoms. The van der Waals surface area contributed by atoms with E-state index in [2.05, 4.69) is 42.3 Å². The minimum atomic E-state index is 0.0927. The van der Waals surface area contributed by atoms with Gasteiger partial charge in [-0.25, -0.2) is 0 Å². The second-order valence-electron chi connectivity index (χ2n) is 5.57. The number of hydrogen-bond acceptors (Lipinski definition) is 3. The summed E-state index contributed by atoms with van der Waals surface area (Å²) in [5.41, 5.74) is 4.55. The topological polar surface area (TPSA) is 47.3 Å². The largest absolute Gasteiger partial charge is 0.381 e. The van der Waals surface area contributed by atoms with Crippen LogP contribution in [0.2, 0.25) is 0 Å². The Bertz CT molecular complexity index is 399. The zero-order valence-corrected chi connectivity index (χ0v) is 12.2. The van der Waals surface area contributed by atoms with Gasteiger partial charge in [0.2, 0.25) is 0 Å². The zero-order chi connectivity index (χ0) is 14.3. The molecule has 0 aromatic heterocycles. The minimum absolute atomic E-state index is 0.0927. The lowest BCUT2D eigenvalue weighted by atomic mass is 9.67. The van der Waals surface area contributed by atoms with Crippen molar-refractivity contribution in [1.29, 1.82) is 0 Å². The van der Waals surface area contributed by atoms with Crippen LogP contribution in [0.4, 0.5) is 0 Å². The second-order valence-corrected chi connectivity index (χ2v) is 5.57. The first kappa shape index (κ1) is 15.2. The van der Waals surface area contributed by atoms with Crippen molar-refractivity contribution in [3.05, 3.63) is 48.6 Å². The Morgan fingerprint density at radius 2 is 2.00 bits per heavy atom. The van der Waals surface area contributed by atoms with Gasteiger partial charge in [-0.3, -0.25) is 11.3 Å². The van der Waals surface area contributed by atoms with Crippen LogP contribution in [0, 0.1) is 0 Å². The number of nitrogens with one attached hydrogen (secondary N) is 1. The summed E-state index contributed by atoms with van der Waals surface area (Å²) >= 11 is 0. The third-order valence-electron chi connectivity index (χ3n) is 4.50. The molecule has 110 valence electrons. The van der Waals surface area contributed by atoms with Crippen LogP contribution in [0.15, 0.2) is 43.0 Å². The van der Waals surface area contributed by atoms with E-state index in [0.717, 1.165) is 45.3 Å². The highest BCUT2D eigenvalue weighted by molar-refractivity contribution is 5.28. The highest BCUT2D eigenvalue weighted by atomic mass is 16.5. The number of hydrazine groups is 1. The molecule has 1 heterocycles. The summed E-state index contributed by atoms with van der Waals surface area (Å²) in [6.07, 6.45) is 7.26. The molecule has 3 nitrogen and oxygen atoms in total. The average molecular weight is 274 g/mol. The Morgan fingerprint density at radius 1 is 1.30 bits per heavy atom. The molecule has 2 rings (SSSR count). The van der Waals surface area contributed by atoms with Gasteiger partial charge in [0.05, 0.1) is 0 Å². The van der Waals surface area contributed by atoms with E-state index in [9.17, 15) is 0 Å². The molecule has 1 aromatic rings. The number of hydrogen-bond donors (Lipinski definition) is 2. The van der Waals surface area contributed by atoms with Crippen molar-refractivity contribution in [2.45, 2.75) is 43.6 Å². The van der Waals surface area contributed by atoms with Crippen LogP contribution >= 0.6 is 0 Å². The number of unbranched alkanes of at least 4 members (excludes halogenated alkanes) is 1. The van der Waals surface area contributed by atoms with Gasteiger partial charge in [-0.05, 0) is 37.7 Å². The van der Waals surface area contributed by atoms with E-state index in [1.807, 2.05) is 6.08 Å². The number of ether oxygens (including phenoxy) is 1. The van der Waals surface area contributed by atoms with Crippen LogP contribution in [-0.2, 0) is 10.2 Å². The van der Waals surface area contributed by atoms with Crippen LogP contribution in [0.25, 0.3) is 0 Å². The van der Waals surface area contributed by atoms with Crippen molar-refractivity contribution in [3.8, 4) is 0 Å². The molecule has 1 fully saturated rings. The SMILES string of the molecule is C=CCCCC(NN)C1(c2ccccc2)CCOCC1. The number of rotatable bonds is 7. The molecule has 0 spiro atoms. The molecule has 0 amide bonds. The summed E-state index contributed by atoms with van der Waals surface area (Å²) in [6.45, 7) is 5.43. The molecule has 1 unspecified atom stereocenters. The number of benzene rings is 1. The Morgan fingerprint density at radius 3 is 2.60 bits per heavy atom. The van der Waals surface area contributed by atoms with Crippen molar-refractivity contribution < 1.29 is 4.74 Å². The van der Waals surface area contributed by atoms with E-state index >= 15 is 0 Å². The van der Waals surface area contributed by atoms with E-state index in [4.69, 9.17) is 10.6 Å². The van der Waals surface area contributed by atoms with Crippen LogP contribution in [0.3, 0.4) is 0 Å². The number of nitrogens with two attached hydrogens (primary N) is 1. The van der Waals surface area contributed by atoms with Gasteiger partial charge >= 0.3 is 0 Å². The molecular formula is C17H26N2O. The molecular weight excluding hydrogens is 248 g/mol. The predicted molar refractivity (Wildman–Crippen MR) is 83.3 cm³/mol. The van der Waals surface area contributed by atoms with Crippen LogP contribution in [0.5, 0.6) is 0 Å². The Hall–Kier alpha value is -1.16. The third-order valence-corrected chi connectivity index (χ3v) is 4.50. The molecule has 20 heavy (non-hydrogen) atoms. The average Bonchev–Trinajstić information content (AvgIpc) is 2.53. The second kappa shape index (κ2) is 7.58. The summed E-state index contributed by atoms with van der Waals surface area (Å²) in [7, 11) is 0. The van der Waals surface area contributed by atoms with Gasteiger partial charge in [0.1, 0.15) is 0 Å². The quantitative estimate of drug-likeness (QED) is 0.348. The fourth-order valence-electron chi connectivity index (χ4n) is 3.33. The molecule has 1 aliphatic rings. The van der Waals surface area contributed by atoms with Crippen molar-refractivity contribution in [2.24, 2.45) is 5.84 Å². The Balaban J connectivity index is 2.23. The standard InChI is InChI=1S/C17H26N2O/c1-2-3-5-10-16(19-18)17(11-13-20-14-12-17)15-8-6-4-7-9-15/h2,4,6-9,16,19H,1,3,5,10-14,18H2. The minimum Gasteiger partial charge on any atom is -0.381 e. The van der Waals surface area contributed by atoms with Gasteiger partial charge in [-0.1, -0.05) is 36.4 Å². The molecule has 1 aromatic carbocycles. The van der Waals surface area contributed by atoms with Crippen LogP contribution in [-0.4, -0.2) is 19.3 Å². The van der Waals surface area contributed by atoms with E-state index in [1.54, 1.807) is 0 Å². The molecule has 3 heteroatoms. The van der Waals surface area contributed by atoms with Gasteiger partial charge in [0, 0.05) is 24.7 Å². The summed E-state index contributed by atoms with van der Waals surface area (Å²) < 4.78 is 5.58. The van der Waals surface area contributed by atoms with E-state index < -0.39 is 0 Å². The Labute approximate surface area is 122 Å². The third kappa shape index (κ3) is 3.29. The van der Waals surface area contributed by atoms with E-state index in [1.165, 1.54) is 5.56 Å². The fourth-order valence-corrected chi connectivity index (χ4v) is 3.33. The molecule has 1 aliphatic heterocycles. The first-order valence-corrected chi connectivity index (χ1v) is 7.54. The Kier molecular flexibility index (Phi) is 5.77.